The van der Waals surface area contributed by atoms with Gasteiger partial charge in [0.25, 0.3) is 5.91 Å². The first kappa shape index (κ1) is 16.1. The normalized spacial score (nSPS) is 12.1. The molecule has 1 heterocycles. The summed E-state index contributed by atoms with van der Waals surface area (Å²) in [6.07, 6.45) is 3.06. The van der Waals surface area contributed by atoms with Crippen molar-refractivity contribution >= 4 is 22.8 Å². The van der Waals surface area contributed by atoms with Gasteiger partial charge in [-0.3, -0.25) is 9.59 Å². The van der Waals surface area contributed by atoms with E-state index in [0.717, 1.165) is 11.9 Å². The van der Waals surface area contributed by atoms with Gasteiger partial charge in [0.2, 0.25) is 0 Å². The molecule has 0 radical (unpaired) electrons. The monoisotopic (exact) mass is 302 g/mol. The van der Waals surface area contributed by atoms with Crippen molar-refractivity contribution in [1.29, 1.82) is 0 Å². The topological polar surface area (TPSA) is 62.4 Å². The van der Waals surface area contributed by atoms with Crippen LogP contribution in [-0.4, -0.2) is 42.0 Å². The van der Waals surface area contributed by atoms with Gasteiger partial charge in [0.1, 0.15) is 0 Å². The van der Waals surface area contributed by atoms with Gasteiger partial charge < -0.3 is 14.6 Å². The van der Waals surface area contributed by atoms with Crippen molar-refractivity contribution in [3.63, 3.8) is 0 Å². The van der Waals surface area contributed by atoms with Crippen molar-refractivity contribution in [1.82, 2.24) is 9.88 Å². The number of hydrogen-bond acceptors (Lipinski definition) is 3. The molecule has 5 nitrogen and oxygen atoms in total. The lowest BCUT2D eigenvalue weighted by molar-refractivity contribution is -0.158. The molecule has 0 aliphatic rings. The first-order valence-corrected chi connectivity index (χ1v) is 7.44. The number of aryl methyl sites for hydroxylation is 1. The molecule has 0 saturated heterocycles. The van der Waals surface area contributed by atoms with Crippen LogP contribution in [0.4, 0.5) is 0 Å². The molecule has 0 fully saturated rings. The van der Waals surface area contributed by atoms with E-state index in [4.69, 9.17) is 4.74 Å². The number of esters is 1. The van der Waals surface area contributed by atoms with Crippen molar-refractivity contribution in [2.45, 2.75) is 32.3 Å². The average Bonchev–Trinajstić information content (AvgIpc) is 2.89. The number of rotatable bonds is 6. The lowest BCUT2D eigenvalue weighted by Crippen LogP contribution is -2.34. The first-order valence-electron chi connectivity index (χ1n) is 7.44. The van der Waals surface area contributed by atoms with Crippen LogP contribution in [0.15, 0.2) is 30.5 Å². The van der Waals surface area contributed by atoms with Gasteiger partial charge in [-0.2, -0.15) is 0 Å². The zero-order valence-corrected chi connectivity index (χ0v) is 13.3. The van der Waals surface area contributed by atoms with Crippen molar-refractivity contribution in [2.75, 3.05) is 14.1 Å². The minimum atomic E-state index is -0.726. The third-order valence-electron chi connectivity index (χ3n) is 3.60. The number of aromatic amines is 1. The fraction of sp³-hybridized carbons (Fsp3) is 0.412. The SMILES string of the molecule is C[C@H](OC(=O)CCCc1c[nH]c2ccccc12)C(=O)N(C)C. The number of fused-ring (bicyclic) bond motifs is 1. The van der Waals surface area contributed by atoms with Crippen LogP contribution < -0.4 is 0 Å². The van der Waals surface area contributed by atoms with Crippen molar-refractivity contribution in [3.05, 3.63) is 36.0 Å². The molecule has 1 aromatic heterocycles. The Kier molecular flexibility index (Phi) is 5.20. The number of likely N-dealkylation sites (N-methyl/N-ethyl adjacent to an activating group) is 1. The smallest absolute Gasteiger partial charge is 0.306 e. The number of nitrogens with zero attached hydrogens (tertiary/aromatic N) is 1. The van der Waals surface area contributed by atoms with Gasteiger partial charge >= 0.3 is 5.97 Å². The third kappa shape index (κ3) is 3.87. The predicted molar refractivity (Wildman–Crippen MR) is 85.5 cm³/mol. The van der Waals surface area contributed by atoms with E-state index in [0.29, 0.717) is 12.8 Å². The van der Waals surface area contributed by atoms with Gasteiger partial charge in [0.15, 0.2) is 6.10 Å². The molecule has 0 aliphatic heterocycles. The summed E-state index contributed by atoms with van der Waals surface area (Å²) >= 11 is 0. The Labute approximate surface area is 130 Å². The highest BCUT2D eigenvalue weighted by atomic mass is 16.5. The number of H-pyrrole nitrogens is 1. The highest BCUT2D eigenvalue weighted by Crippen LogP contribution is 2.19. The molecule has 2 rings (SSSR count). The van der Waals surface area contributed by atoms with Gasteiger partial charge in [0.05, 0.1) is 0 Å². The van der Waals surface area contributed by atoms with E-state index in [1.807, 2.05) is 24.4 Å². The number of amides is 1. The average molecular weight is 302 g/mol. The van der Waals surface area contributed by atoms with Gasteiger partial charge in [0, 0.05) is 37.6 Å². The summed E-state index contributed by atoms with van der Waals surface area (Å²) in [6.45, 7) is 1.60. The Morgan fingerprint density at radius 3 is 2.73 bits per heavy atom. The number of aromatic nitrogens is 1. The zero-order chi connectivity index (χ0) is 16.1. The summed E-state index contributed by atoms with van der Waals surface area (Å²) in [6, 6.07) is 8.09. The Morgan fingerprint density at radius 1 is 1.27 bits per heavy atom. The molecule has 5 heteroatoms. The van der Waals surface area contributed by atoms with Gasteiger partial charge in [-0.1, -0.05) is 18.2 Å². The second-order valence-corrected chi connectivity index (χ2v) is 5.58. The molecule has 0 bridgehead atoms. The molecule has 1 aromatic carbocycles. The molecule has 2 aromatic rings. The second kappa shape index (κ2) is 7.11. The number of nitrogens with one attached hydrogen (secondary N) is 1. The molecule has 0 saturated carbocycles. The molecule has 0 spiro atoms. The lowest BCUT2D eigenvalue weighted by atomic mass is 10.1. The van der Waals surface area contributed by atoms with E-state index in [9.17, 15) is 9.59 Å². The summed E-state index contributed by atoms with van der Waals surface area (Å²) in [4.78, 5) is 28.0. The number of para-hydroxylation sites is 1. The van der Waals surface area contributed by atoms with Crippen LogP contribution in [0.25, 0.3) is 10.9 Å². The van der Waals surface area contributed by atoms with Crippen LogP contribution in [0.5, 0.6) is 0 Å². The number of carbonyl (C=O) groups is 2. The number of benzene rings is 1. The van der Waals surface area contributed by atoms with Crippen molar-refractivity contribution in [2.24, 2.45) is 0 Å². The van der Waals surface area contributed by atoms with E-state index >= 15 is 0 Å². The van der Waals surface area contributed by atoms with E-state index in [-0.39, 0.29) is 11.9 Å². The summed E-state index contributed by atoms with van der Waals surface area (Å²) in [5, 5.41) is 1.19. The van der Waals surface area contributed by atoms with E-state index in [2.05, 4.69) is 11.1 Å². The molecule has 0 unspecified atom stereocenters. The van der Waals surface area contributed by atoms with Crippen LogP contribution in [0.1, 0.15) is 25.3 Å². The van der Waals surface area contributed by atoms with Crippen LogP contribution in [0.2, 0.25) is 0 Å². The molecular formula is C17H22N2O3. The Hall–Kier alpha value is -2.30. The zero-order valence-electron chi connectivity index (χ0n) is 13.3. The quantitative estimate of drug-likeness (QED) is 0.834. The number of carbonyl (C=O) groups excluding carboxylic acids is 2. The van der Waals surface area contributed by atoms with Crippen LogP contribution in [0.3, 0.4) is 0 Å². The summed E-state index contributed by atoms with van der Waals surface area (Å²) in [7, 11) is 3.29. The van der Waals surface area contributed by atoms with Gasteiger partial charge in [-0.15, -0.1) is 0 Å². The van der Waals surface area contributed by atoms with Crippen LogP contribution in [-0.2, 0) is 20.7 Å². The molecule has 22 heavy (non-hydrogen) atoms. The maximum Gasteiger partial charge on any atom is 0.306 e. The molecule has 0 aliphatic carbocycles. The fourth-order valence-corrected chi connectivity index (χ4v) is 2.43. The highest BCUT2D eigenvalue weighted by Gasteiger charge is 2.19. The van der Waals surface area contributed by atoms with Gasteiger partial charge in [-0.25, -0.2) is 0 Å². The van der Waals surface area contributed by atoms with Crippen molar-refractivity contribution < 1.29 is 14.3 Å². The van der Waals surface area contributed by atoms with Crippen LogP contribution in [0, 0.1) is 0 Å². The second-order valence-electron chi connectivity index (χ2n) is 5.58. The maximum atomic E-state index is 11.8. The van der Waals surface area contributed by atoms with Gasteiger partial charge in [-0.05, 0) is 31.4 Å². The largest absolute Gasteiger partial charge is 0.453 e. The molecule has 1 N–H and O–H groups in total. The van der Waals surface area contributed by atoms with Crippen LogP contribution >= 0.6 is 0 Å². The molecule has 1 amide bonds. The Morgan fingerprint density at radius 2 is 2.00 bits per heavy atom. The fourth-order valence-electron chi connectivity index (χ4n) is 2.43. The third-order valence-corrected chi connectivity index (χ3v) is 3.60. The van der Waals surface area contributed by atoms with E-state index < -0.39 is 6.10 Å². The number of hydrogen-bond donors (Lipinski definition) is 1. The van der Waals surface area contributed by atoms with E-state index in [1.165, 1.54) is 15.8 Å². The molecule has 1 atom stereocenters. The Bertz CT molecular complexity index is 661. The predicted octanol–water partition coefficient (Wildman–Crippen LogP) is 2.51. The minimum Gasteiger partial charge on any atom is -0.453 e. The molecular weight excluding hydrogens is 280 g/mol. The Balaban J connectivity index is 1.81. The highest BCUT2D eigenvalue weighted by molar-refractivity contribution is 5.84. The lowest BCUT2D eigenvalue weighted by Gasteiger charge is -2.17. The standard InChI is InChI=1S/C17H22N2O3/c1-12(17(21)19(2)3)22-16(20)10-6-7-13-11-18-15-9-5-4-8-14(13)15/h4-5,8-9,11-12,18H,6-7,10H2,1-3H3/t12-/m0/s1. The van der Waals surface area contributed by atoms with E-state index in [1.54, 1.807) is 21.0 Å². The molecule has 118 valence electrons. The summed E-state index contributed by atoms with van der Waals surface area (Å²) in [5.74, 6) is -0.535. The summed E-state index contributed by atoms with van der Waals surface area (Å²) in [5.41, 5.74) is 2.30. The number of ether oxygens (including phenoxy) is 1. The van der Waals surface area contributed by atoms with Crippen molar-refractivity contribution in [3.8, 4) is 0 Å². The first-order chi connectivity index (χ1) is 10.5. The maximum absolute atomic E-state index is 11.8. The summed E-state index contributed by atoms with van der Waals surface area (Å²) < 4.78 is 5.14. The minimum absolute atomic E-state index is 0.204.